The van der Waals surface area contributed by atoms with Crippen molar-refractivity contribution < 1.29 is 0 Å². The van der Waals surface area contributed by atoms with E-state index in [0.29, 0.717) is 6.54 Å². The Morgan fingerprint density at radius 2 is 1.95 bits per heavy atom. The van der Waals surface area contributed by atoms with E-state index < -0.39 is 0 Å². The number of pyridine rings is 1. The molecule has 0 spiro atoms. The molecular formula is C16H20N2O. The average Bonchev–Trinajstić information content (AvgIpc) is 2.37. The van der Waals surface area contributed by atoms with Crippen molar-refractivity contribution in [2.24, 2.45) is 0 Å². The Labute approximate surface area is 113 Å². The van der Waals surface area contributed by atoms with Gasteiger partial charge in [-0.05, 0) is 45.0 Å². The molecule has 0 atom stereocenters. The van der Waals surface area contributed by atoms with Crippen LogP contribution in [0.3, 0.4) is 0 Å². The lowest BCUT2D eigenvalue weighted by Crippen LogP contribution is -2.19. The smallest absolute Gasteiger partial charge is 0.186 e. The highest BCUT2D eigenvalue weighted by atomic mass is 16.1. The lowest BCUT2D eigenvalue weighted by atomic mass is 10.1. The first-order valence-corrected chi connectivity index (χ1v) is 6.48. The van der Waals surface area contributed by atoms with Crippen molar-refractivity contribution in [1.29, 1.82) is 0 Å². The highest BCUT2D eigenvalue weighted by molar-refractivity contribution is 5.46. The van der Waals surface area contributed by atoms with Gasteiger partial charge in [-0.1, -0.05) is 12.1 Å². The fourth-order valence-corrected chi connectivity index (χ4v) is 2.25. The van der Waals surface area contributed by atoms with Gasteiger partial charge >= 0.3 is 0 Å². The second-order valence-corrected chi connectivity index (χ2v) is 4.92. The van der Waals surface area contributed by atoms with E-state index in [1.807, 2.05) is 26.2 Å². The maximum Gasteiger partial charge on any atom is 0.186 e. The monoisotopic (exact) mass is 256 g/mol. The number of aromatic nitrogens is 1. The van der Waals surface area contributed by atoms with Crippen LogP contribution in [0.4, 0.5) is 0 Å². The summed E-state index contributed by atoms with van der Waals surface area (Å²) in [5, 5.41) is 3.04. The Bertz CT molecular complexity index is 656. The summed E-state index contributed by atoms with van der Waals surface area (Å²) >= 11 is 0. The first-order valence-electron chi connectivity index (χ1n) is 6.48. The molecule has 19 heavy (non-hydrogen) atoms. The van der Waals surface area contributed by atoms with E-state index >= 15 is 0 Å². The van der Waals surface area contributed by atoms with Crippen molar-refractivity contribution in [3.63, 3.8) is 0 Å². The van der Waals surface area contributed by atoms with Crippen molar-refractivity contribution in [2.75, 3.05) is 7.05 Å². The molecule has 0 bridgehead atoms. The number of aryl methyl sites for hydroxylation is 2. The molecule has 0 fully saturated rings. The van der Waals surface area contributed by atoms with Crippen LogP contribution in [0.15, 0.2) is 35.3 Å². The summed E-state index contributed by atoms with van der Waals surface area (Å²) in [6, 6.07) is 7.94. The summed E-state index contributed by atoms with van der Waals surface area (Å²) in [5.74, 6) is 0. The van der Waals surface area contributed by atoms with E-state index in [2.05, 4.69) is 35.9 Å². The van der Waals surface area contributed by atoms with Crippen molar-refractivity contribution in [3.8, 4) is 5.69 Å². The molecule has 3 nitrogen and oxygen atoms in total. The molecule has 0 radical (unpaired) electrons. The van der Waals surface area contributed by atoms with Gasteiger partial charge in [0.05, 0.1) is 0 Å². The predicted molar refractivity (Wildman–Crippen MR) is 79.0 cm³/mol. The first-order chi connectivity index (χ1) is 9.04. The van der Waals surface area contributed by atoms with E-state index in [4.69, 9.17) is 0 Å². The fraction of sp³-hybridized carbons (Fsp3) is 0.312. The van der Waals surface area contributed by atoms with Gasteiger partial charge in [-0.15, -0.1) is 0 Å². The lowest BCUT2D eigenvalue weighted by Gasteiger charge is -2.16. The van der Waals surface area contributed by atoms with Gasteiger partial charge in [0.1, 0.15) is 0 Å². The predicted octanol–water partition coefficient (Wildman–Crippen LogP) is 2.48. The molecule has 100 valence electrons. The van der Waals surface area contributed by atoms with Crippen LogP contribution in [-0.4, -0.2) is 11.6 Å². The van der Waals surface area contributed by atoms with Crippen LogP contribution in [0.1, 0.15) is 22.4 Å². The fourth-order valence-electron chi connectivity index (χ4n) is 2.25. The molecule has 2 aromatic rings. The van der Waals surface area contributed by atoms with E-state index in [-0.39, 0.29) is 5.43 Å². The van der Waals surface area contributed by atoms with E-state index in [9.17, 15) is 4.79 Å². The second kappa shape index (κ2) is 5.41. The number of hydrogen-bond donors (Lipinski definition) is 1. The number of nitrogens with zero attached hydrogens (tertiary/aromatic N) is 1. The van der Waals surface area contributed by atoms with Crippen LogP contribution < -0.4 is 10.7 Å². The summed E-state index contributed by atoms with van der Waals surface area (Å²) < 4.78 is 2.09. The van der Waals surface area contributed by atoms with Crippen LogP contribution in [0, 0.1) is 20.8 Å². The average molecular weight is 256 g/mol. The molecule has 1 aromatic carbocycles. The quantitative estimate of drug-likeness (QED) is 0.915. The minimum atomic E-state index is 0.0911. The second-order valence-electron chi connectivity index (χ2n) is 4.92. The number of benzene rings is 1. The van der Waals surface area contributed by atoms with E-state index in [0.717, 1.165) is 16.9 Å². The maximum atomic E-state index is 11.9. The van der Waals surface area contributed by atoms with Crippen LogP contribution in [0.5, 0.6) is 0 Å². The molecule has 0 saturated heterocycles. The van der Waals surface area contributed by atoms with Crippen molar-refractivity contribution in [1.82, 2.24) is 9.88 Å². The number of hydrogen-bond acceptors (Lipinski definition) is 2. The molecule has 0 saturated carbocycles. The molecular weight excluding hydrogens is 236 g/mol. The Hall–Kier alpha value is -1.87. The molecule has 0 aliphatic heterocycles. The van der Waals surface area contributed by atoms with Gasteiger partial charge in [-0.25, -0.2) is 0 Å². The topological polar surface area (TPSA) is 34.0 Å². The van der Waals surface area contributed by atoms with Crippen molar-refractivity contribution in [2.45, 2.75) is 27.3 Å². The highest BCUT2D eigenvalue weighted by Gasteiger charge is 2.08. The zero-order valence-corrected chi connectivity index (χ0v) is 11.9. The van der Waals surface area contributed by atoms with Crippen LogP contribution >= 0.6 is 0 Å². The standard InChI is InChI=1S/C16H20N2O/c1-11-6-5-7-15(13(11)3)18-10-14(9-17-4)16(19)8-12(18)2/h5-8,10,17H,9H2,1-4H3. The summed E-state index contributed by atoms with van der Waals surface area (Å²) in [4.78, 5) is 11.9. The molecule has 1 aromatic heterocycles. The van der Waals surface area contributed by atoms with Gasteiger partial charge in [0, 0.05) is 35.8 Å². The summed E-state index contributed by atoms with van der Waals surface area (Å²) in [6.07, 6.45) is 1.94. The number of rotatable bonds is 3. The minimum Gasteiger partial charge on any atom is -0.320 e. The highest BCUT2D eigenvalue weighted by Crippen LogP contribution is 2.18. The zero-order valence-electron chi connectivity index (χ0n) is 11.9. The molecule has 0 unspecified atom stereocenters. The minimum absolute atomic E-state index is 0.0911. The molecule has 1 heterocycles. The van der Waals surface area contributed by atoms with Gasteiger partial charge in [0.15, 0.2) is 5.43 Å². The first kappa shape index (κ1) is 13.6. The summed E-state index contributed by atoms with van der Waals surface area (Å²) in [6.45, 7) is 6.77. The Balaban J connectivity index is 2.65. The molecule has 3 heteroatoms. The third-order valence-electron chi connectivity index (χ3n) is 3.52. The van der Waals surface area contributed by atoms with Crippen molar-refractivity contribution in [3.05, 3.63) is 63.1 Å². The van der Waals surface area contributed by atoms with Gasteiger partial charge < -0.3 is 9.88 Å². The lowest BCUT2D eigenvalue weighted by molar-refractivity contribution is 0.793. The molecule has 0 aliphatic carbocycles. The van der Waals surface area contributed by atoms with Gasteiger partial charge in [0.2, 0.25) is 0 Å². The number of nitrogens with one attached hydrogen (secondary N) is 1. The van der Waals surface area contributed by atoms with Crippen LogP contribution in [0.25, 0.3) is 5.69 Å². The Morgan fingerprint density at radius 3 is 2.63 bits per heavy atom. The molecule has 0 aliphatic rings. The Kier molecular flexibility index (Phi) is 3.86. The normalized spacial score (nSPS) is 10.7. The van der Waals surface area contributed by atoms with Crippen LogP contribution in [-0.2, 0) is 6.54 Å². The van der Waals surface area contributed by atoms with E-state index in [1.54, 1.807) is 6.07 Å². The van der Waals surface area contributed by atoms with Gasteiger partial charge in [0.25, 0.3) is 0 Å². The third kappa shape index (κ3) is 2.61. The zero-order chi connectivity index (χ0) is 14.0. The van der Waals surface area contributed by atoms with E-state index in [1.165, 1.54) is 11.1 Å². The molecule has 1 N–H and O–H groups in total. The summed E-state index contributed by atoms with van der Waals surface area (Å²) in [5.41, 5.74) is 5.46. The largest absolute Gasteiger partial charge is 0.320 e. The maximum absolute atomic E-state index is 11.9. The SMILES string of the molecule is CNCc1cn(-c2cccc(C)c2C)c(C)cc1=O. The van der Waals surface area contributed by atoms with Crippen LogP contribution in [0.2, 0.25) is 0 Å². The van der Waals surface area contributed by atoms with Gasteiger partial charge in [-0.3, -0.25) is 4.79 Å². The third-order valence-corrected chi connectivity index (χ3v) is 3.52. The molecule has 2 rings (SSSR count). The molecule has 0 amide bonds. The van der Waals surface area contributed by atoms with Crippen molar-refractivity contribution >= 4 is 0 Å². The summed E-state index contributed by atoms with van der Waals surface area (Å²) in [7, 11) is 1.85. The Morgan fingerprint density at radius 1 is 1.21 bits per heavy atom. The van der Waals surface area contributed by atoms with Gasteiger partial charge in [-0.2, -0.15) is 0 Å².